The Labute approximate surface area is 331 Å². The number of rotatable bonds is 12. The van der Waals surface area contributed by atoms with Crippen molar-refractivity contribution in [1.82, 2.24) is 41.5 Å². The van der Waals surface area contributed by atoms with Gasteiger partial charge in [0.15, 0.2) is 8.68 Å². The molecule has 0 spiro atoms. The Kier molecular flexibility index (Phi) is 12.8. The summed E-state index contributed by atoms with van der Waals surface area (Å²) in [6.45, 7) is -0.163. The number of nitrogens with one attached hydrogen (secondary N) is 4. The van der Waals surface area contributed by atoms with E-state index in [2.05, 4.69) is 31.7 Å². The van der Waals surface area contributed by atoms with Crippen molar-refractivity contribution in [3.05, 3.63) is 58.3 Å². The van der Waals surface area contributed by atoms with Gasteiger partial charge in [0.1, 0.15) is 8.64 Å². The van der Waals surface area contributed by atoms with Crippen LogP contribution in [-0.4, -0.2) is 88.4 Å². The number of amides is 6. The third-order valence-corrected chi connectivity index (χ3v) is 14.3. The van der Waals surface area contributed by atoms with Gasteiger partial charge in [-0.2, -0.15) is 0 Å². The topological polar surface area (TPSA) is 183 Å². The Morgan fingerprint density at radius 2 is 1.00 bits per heavy atom. The summed E-state index contributed by atoms with van der Waals surface area (Å²) in [6.07, 6.45) is -0.337. The number of hydrazine groups is 2. The molecular formula is C30H24N8O6S8. The van der Waals surface area contributed by atoms with E-state index in [1.807, 2.05) is 48.5 Å². The van der Waals surface area contributed by atoms with Gasteiger partial charge in [0, 0.05) is 25.9 Å². The molecule has 2 aliphatic heterocycles. The quantitative estimate of drug-likeness (QED) is 0.0700. The summed E-state index contributed by atoms with van der Waals surface area (Å²) in [5, 5.41) is 0. The molecule has 22 heteroatoms. The van der Waals surface area contributed by atoms with E-state index in [1.54, 1.807) is 0 Å². The molecule has 0 unspecified atom stereocenters. The van der Waals surface area contributed by atoms with Crippen molar-refractivity contribution in [2.24, 2.45) is 0 Å². The number of para-hydroxylation sites is 2. The Morgan fingerprint density at radius 1 is 0.615 bits per heavy atom. The first-order valence-electron chi connectivity index (χ1n) is 15.0. The number of carbonyl (C=O) groups excluding carboxylic acids is 6. The monoisotopic (exact) mass is 848 g/mol. The summed E-state index contributed by atoms with van der Waals surface area (Å²) < 4.78 is 3.80. The minimum Gasteiger partial charge on any atom is -0.292 e. The van der Waals surface area contributed by atoms with Gasteiger partial charge in [0.2, 0.25) is 23.6 Å². The van der Waals surface area contributed by atoms with Gasteiger partial charge in [-0.15, -0.1) is 22.7 Å². The fourth-order valence-electron chi connectivity index (χ4n) is 4.44. The summed E-state index contributed by atoms with van der Waals surface area (Å²) in [6, 6.07) is 15.3. The first kappa shape index (κ1) is 38.1. The molecule has 6 rings (SSSR count). The van der Waals surface area contributed by atoms with E-state index in [0.29, 0.717) is 0 Å². The molecule has 6 amide bonds. The fraction of sp³-hybridized carbons (Fsp3) is 0.200. The highest BCUT2D eigenvalue weighted by atomic mass is 32.2. The second-order valence-electron chi connectivity index (χ2n) is 10.5. The number of fused-ring (bicyclic) bond motifs is 2. The zero-order chi connectivity index (χ0) is 36.8. The Balaban J connectivity index is 0.907. The van der Waals surface area contributed by atoms with Crippen LogP contribution in [0, 0.1) is 0 Å². The van der Waals surface area contributed by atoms with Crippen molar-refractivity contribution in [2.45, 2.75) is 21.5 Å². The molecule has 0 aliphatic carbocycles. The summed E-state index contributed by atoms with van der Waals surface area (Å²) in [7, 11) is 0. The van der Waals surface area contributed by atoms with Crippen LogP contribution < -0.4 is 21.7 Å². The molecule has 2 aromatic heterocycles. The van der Waals surface area contributed by atoms with Crippen LogP contribution in [0.1, 0.15) is 12.8 Å². The molecule has 14 nitrogen and oxygen atoms in total. The summed E-state index contributed by atoms with van der Waals surface area (Å²) in [4.78, 5) is 87.3. The van der Waals surface area contributed by atoms with E-state index in [0.717, 1.165) is 52.6 Å². The van der Waals surface area contributed by atoms with Gasteiger partial charge in [-0.05, 0) is 24.3 Å². The number of benzene rings is 2. The highest BCUT2D eigenvalue weighted by Gasteiger charge is 2.42. The van der Waals surface area contributed by atoms with E-state index in [1.165, 1.54) is 56.0 Å². The Bertz CT molecular complexity index is 1950. The first-order valence-corrected chi connectivity index (χ1v) is 21.0. The number of nitrogens with zero attached hydrogens (tertiary/aromatic N) is 4. The maximum atomic E-state index is 13.2. The molecular weight excluding hydrogens is 825 g/mol. The van der Waals surface area contributed by atoms with Gasteiger partial charge in [-0.1, -0.05) is 95.7 Å². The van der Waals surface area contributed by atoms with Crippen LogP contribution in [0.25, 0.3) is 20.4 Å². The van der Waals surface area contributed by atoms with Gasteiger partial charge in [0.25, 0.3) is 11.8 Å². The van der Waals surface area contributed by atoms with Crippen molar-refractivity contribution in [3.63, 3.8) is 0 Å². The van der Waals surface area contributed by atoms with Gasteiger partial charge in [0.05, 0.1) is 41.7 Å². The molecule has 4 heterocycles. The van der Waals surface area contributed by atoms with Crippen LogP contribution in [0.15, 0.2) is 67.0 Å². The molecule has 2 aliphatic rings. The maximum Gasteiger partial charge on any atom is 0.267 e. The normalized spacial score (nSPS) is 15.9. The van der Waals surface area contributed by atoms with Gasteiger partial charge >= 0.3 is 0 Å². The second kappa shape index (κ2) is 17.5. The second-order valence-corrected chi connectivity index (χ2v) is 18.3. The number of carbonyl (C=O) groups is 6. The van der Waals surface area contributed by atoms with E-state index >= 15 is 0 Å². The smallest absolute Gasteiger partial charge is 0.267 e. The molecule has 0 bridgehead atoms. The van der Waals surface area contributed by atoms with E-state index < -0.39 is 35.4 Å². The van der Waals surface area contributed by atoms with Gasteiger partial charge < -0.3 is 0 Å². The lowest BCUT2D eigenvalue weighted by Gasteiger charge is -2.15. The lowest BCUT2D eigenvalue weighted by atomic mass is 10.3. The fourth-order valence-corrected chi connectivity index (χ4v) is 10.9. The van der Waals surface area contributed by atoms with Crippen LogP contribution in [0.4, 0.5) is 0 Å². The molecule has 2 fully saturated rings. The zero-order valence-electron chi connectivity index (χ0n) is 26.4. The van der Waals surface area contributed by atoms with Crippen molar-refractivity contribution in [1.29, 1.82) is 0 Å². The van der Waals surface area contributed by atoms with Gasteiger partial charge in [-0.3, -0.25) is 60.3 Å². The van der Waals surface area contributed by atoms with Crippen LogP contribution in [0.3, 0.4) is 0 Å². The highest BCUT2D eigenvalue weighted by molar-refractivity contribution is 8.29. The SMILES string of the molecule is O=C(CCN1C(=O)/C(=C2\SC(=S)N(CCC(=O)NNC(=O)CSc3nc4ccccc4s3)C2=O)SC1=S)NNC(=O)CSc1nc2ccccc2s1. The first-order chi connectivity index (χ1) is 25.0. The molecule has 268 valence electrons. The maximum absolute atomic E-state index is 13.2. The summed E-state index contributed by atoms with van der Waals surface area (Å²) in [5.74, 6) is -2.96. The van der Waals surface area contributed by atoms with Crippen LogP contribution in [0.2, 0.25) is 0 Å². The average Bonchev–Trinajstić information content (AvgIpc) is 3.89. The molecule has 4 N–H and O–H groups in total. The summed E-state index contributed by atoms with van der Waals surface area (Å²) >= 11 is 18.0. The predicted molar refractivity (Wildman–Crippen MR) is 213 cm³/mol. The lowest BCUT2D eigenvalue weighted by Crippen LogP contribution is -2.44. The van der Waals surface area contributed by atoms with Crippen molar-refractivity contribution in [2.75, 3.05) is 24.6 Å². The van der Waals surface area contributed by atoms with E-state index in [4.69, 9.17) is 24.4 Å². The third-order valence-electron chi connectivity index (χ3n) is 6.91. The Hall–Kier alpha value is -3.64. The van der Waals surface area contributed by atoms with Crippen molar-refractivity contribution >= 4 is 159 Å². The minimum absolute atomic E-state index is 0.0416. The zero-order valence-corrected chi connectivity index (χ0v) is 32.9. The average molecular weight is 849 g/mol. The number of thiazole rings is 2. The number of hydrogen-bond donors (Lipinski definition) is 4. The van der Waals surface area contributed by atoms with E-state index in [9.17, 15) is 28.8 Å². The van der Waals surface area contributed by atoms with Crippen molar-refractivity contribution in [3.8, 4) is 0 Å². The summed E-state index contributed by atoms with van der Waals surface area (Å²) in [5.41, 5.74) is 11.1. The molecule has 4 aromatic rings. The lowest BCUT2D eigenvalue weighted by molar-refractivity contribution is -0.129. The molecule has 0 radical (unpaired) electrons. The molecule has 2 saturated heterocycles. The van der Waals surface area contributed by atoms with Gasteiger partial charge in [-0.25, -0.2) is 9.97 Å². The molecule has 0 saturated carbocycles. The predicted octanol–water partition coefficient (Wildman–Crippen LogP) is 3.80. The number of thiocarbonyl (C=S) groups is 2. The molecule has 52 heavy (non-hydrogen) atoms. The Morgan fingerprint density at radius 3 is 1.40 bits per heavy atom. The molecule has 2 aromatic carbocycles. The van der Waals surface area contributed by atoms with E-state index in [-0.39, 0.29) is 55.9 Å². The molecule has 0 atom stereocenters. The highest BCUT2D eigenvalue weighted by Crippen LogP contribution is 2.42. The number of aromatic nitrogens is 2. The van der Waals surface area contributed by atoms with Crippen molar-refractivity contribution < 1.29 is 28.8 Å². The number of hydrogen-bond acceptors (Lipinski definition) is 16. The minimum atomic E-state index is -0.552. The number of thioether (sulfide) groups is 4. The largest absolute Gasteiger partial charge is 0.292 e. The van der Waals surface area contributed by atoms with Crippen LogP contribution >= 0.6 is 94.2 Å². The van der Waals surface area contributed by atoms with Crippen LogP contribution in [0.5, 0.6) is 0 Å². The van der Waals surface area contributed by atoms with Crippen LogP contribution in [-0.2, 0) is 28.8 Å². The third kappa shape index (κ3) is 9.47. The standard InChI is InChI=1S/C30H24N8O6S8/c39-19(33-35-21(41)13-47-27-31-15-5-1-3-7-17(15)49-27)9-11-37-25(43)23(51-29(37)45)24-26(44)38(30(46)52-24)12-10-20(40)34-36-22(42)14-48-28-32-16-6-2-4-8-18(16)50-28/h1-8H,9-14H2,(H,33,39)(H,34,40)(H,35,41)(H,36,42)/b24-23+.